The third kappa shape index (κ3) is 4.01. The summed E-state index contributed by atoms with van der Waals surface area (Å²) in [6.07, 6.45) is -4.51. The van der Waals surface area contributed by atoms with Crippen molar-refractivity contribution in [1.82, 2.24) is 0 Å². The van der Waals surface area contributed by atoms with Crippen molar-refractivity contribution in [2.24, 2.45) is 5.73 Å². The van der Waals surface area contributed by atoms with Gasteiger partial charge in [0.1, 0.15) is 6.04 Å². The number of alkyl halides is 3. The second kappa shape index (κ2) is 6.47. The second-order valence-electron chi connectivity index (χ2n) is 3.71. The van der Waals surface area contributed by atoms with Crippen molar-refractivity contribution in [2.75, 3.05) is 13.2 Å². The van der Waals surface area contributed by atoms with Gasteiger partial charge in [-0.3, -0.25) is 0 Å². The van der Waals surface area contributed by atoms with Gasteiger partial charge in [0, 0.05) is 4.47 Å². The fraction of sp³-hybridized carbons (Fsp3) is 0.500. The summed E-state index contributed by atoms with van der Waals surface area (Å²) in [7, 11) is 0. The zero-order valence-corrected chi connectivity index (χ0v) is 12.1. The maximum absolute atomic E-state index is 12.7. The Bertz CT molecular complexity index is 438. The Morgan fingerprint density at radius 3 is 2.05 bits per heavy atom. The normalized spacial score (nSPS) is 13.2. The van der Waals surface area contributed by atoms with Gasteiger partial charge in [0.05, 0.1) is 13.2 Å². The third-order valence-electron chi connectivity index (χ3n) is 2.35. The molecule has 0 aliphatic heterocycles. The van der Waals surface area contributed by atoms with Crippen LogP contribution in [-0.2, 0) is 0 Å². The lowest BCUT2D eigenvalue weighted by molar-refractivity contribution is -0.149. The first kappa shape index (κ1) is 16.1. The van der Waals surface area contributed by atoms with Crippen LogP contribution < -0.4 is 15.2 Å². The van der Waals surface area contributed by atoms with Crippen molar-refractivity contribution in [2.45, 2.75) is 26.1 Å². The zero-order chi connectivity index (χ0) is 14.6. The Labute approximate surface area is 118 Å². The minimum absolute atomic E-state index is 0.0839. The van der Waals surface area contributed by atoms with Crippen LogP contribution in [0.3, 0.4) is 0 Å². The molecule has 0 heterocycles. The molecule has 0 bridgehead atoms. The number of benzene rings is 1. The summed E-state index contributed by atoms with van der Waals surface area (Å²) in [5, 5.41) is 0. The molecule has 0 fully saturated rings. The maximum Gasteiger partial charge on any atom is 0.407 e. The molecular formula is C12H15BrF3NO2. The molecule has 0 saturated carbocycles. The third-order valence-corrected chi connectivity index (χ3v) is 3.04. The van der Waals surface area contributed by atoms with Gasteiger partial charge in [0.15, 0.2) is 11.5 Å². The van der Waals surface area contributed by atoms with Crippen LogP contribution in [-0.4, -0.2) is 19.4 Å². The van der Waals surface area contributed by atoms with Crippen LogP contribution in [0.2, 0.25) is 0 Å². The average Bonchev–Trinajstić information content (AvgIpc) is 2.31. The molecule has 0 aliphatic rings. The summed E-state index contributed by atoms with van der Waals surface area (Å²) < 4.78 is 48.8. The highest BCUT2D eigenvalue weighted by Crippen LogP contribution is 2.40. The molecule has 19 heavy (non-hydrogen) atoms. The summed E-state index contributed by atoms with van der Waals surface area (Å²) in [6.45, 7) is 4.22. The van der Waals surface area contributed by atoms with Crippen molar-refractivity contribution in [3.05, 3.63) is 22.2 Å². The monoisotopic (exact) mass is 341 g/mol. The Balaban J connectivity index is 3.23. The molecule has 1 rings (SSSR count). The summed E-state index contributed by atoms with van der Waals surface area (Å²) in [6, 6.07) is 0.628. The maximum atomic E-state index is 12.7. The molecule has 7 heteroatoms. The average molecular weight is 342 g/mol. The lowest BCUT2D eigenvalue weighted by Crippen LogP contribution is -2.28. The van der Waals surface area contributed by atoms with Crippen molar-refractivity contribution in [3.63, 3.8) is 0 Å². The smallest absolute Gasteiger partial charge is 0.407 e. The predicted octanol–water partition coefficient (Wildman–Crippen LogP) is 3.81. The zero-order valence-electron chi connectivity index (χ0n) is 10.6. The van der Waals surface area contributed by atoms with E-state index in [2.05, 4.69) is 15.9 Å². The van der Waals surface area contributed by atoms with Crippen molar-refractivity contribution >= 4 is 15.9 Å². The number of rotatable bonds is 5. The first-order valence-electron chi connectivity index (χ1n) is 5.72. The van der Waals surface area contributed by atoms with Crippen molar-refractivity contribution in [1.29, 1.82) is 0 Å². The van der Waals surface area contributed by atoms with Crippen molar-refractivity contribution < 1.29 is 22.6 Å². The molecule has 1 aromatic rings. The van der Waals surface area contributed by atoms with Crippen LogP contribution in [0.25, 0.3) is 0 Å². The topological polar surface area (TPSA) is 44.5 Å². The van der Waals surface area contributed by atoms with Gasteiger partial charge in [-0.2, -0.15) is 13.2 Å². The summed E-state index contributed by atoms with van der Waals surface area (Å²) in [5.74, 6) is 0.636. The molecule has 0 spiro atoms. The van der Waals surface area contributed by atoms with Gasteiger partial charge in [-0.05, 0) is 31.5 Å². The molecule has 1 atom stereocenters. The summed E-state index contributed by atoms with van der Waals surface area (Å²) in [4.78, 5) is 0. The highest BCUT2D eigenvalue weighted by Gasteiger charge is 2.39. The van der Waals surface area contributed by atoms with Crippen LogP contribution in [0.1, 0.15) is 25.5 Å². The molecule has 0 saturated heterocycles. The molecule has 0 aromatic heterocycles. The molecular weight excluding hydrogens is 327 g/mol. The first-order chi connectivity index (χ1) is 8.81. The number of hydrogen-bond donors (Lipinski definition) is 1. The van der Waals surface area contributed by atoms with Crippen LogP contribution in [0.15, 0.2) is 16.6 Å². The minimum atomic E-state index is -4.51. The van der Waals surface area contributed by atoms with Gasteiger partial charge in [0.25, 0.3) is 0 Å². The Kier molecular flexibility index (Phi) is 5.49. The molecule has 2 N–H and O–H groups in total. The van der Waals surface area contributed by atoms with E-state index in [0.29, 0.717) is 19.0 Å². The fourth-order valence-electron chi connectivity index (χ4n) is 1.50. The minimum Gasteiger partial charge on any atom is -0.490 e. The molecule has 1 unspecified atom stereocenters. The fourth-order valence-corrected chi connectivity index (χ4v) is 2.07. The highest BCUT2D eigenvalue weighted by molar-refractivity contribution is 9.10. The number of hydrogen-bond acceptors (Lipinski definition) is 3. The predicted molar refractivity (Wildman–Crippen MR) is 69.5 cm³/mol. The molecule has 0 amide bonds. The van der Waals surface area contributed by atoms with Gasteiger partial charge >= 0.3 is 6.18 Å². The van der Waals surface area contributed by atoms with E-state index in [4.69, 9.17) is 15.2 Å². The molecule has 0 radical (unpaired) electrons. The van der Waals surface area contributed by atoms with Crippen molar-refractivity contribution in [3.8, 4) is 11.5 Å². The van der Waals surface area contributed by atoms with E-state index < -0.39 is 12.2 Å². The summed E-state index contributed by atoms with van der Waals surface area (Å²) in [5.41, 5.74) is 5.13. The highest BCUT2D eigenvalue weighted by atomic mass is 79.9. The van der Waals surface area contributed by atoms with Crippen LogP contribution >= 0.6 is 15.9 Å². The number of halogens is 4. The Hall–Kier alpha value is -0.950. The Morgan fingerprint density at radius 2 is 1.63 bits per heavy atom. The summed E-state index contributed by atoms with van der Waals surface area (Å²) >= 11 is 3.08. The number of nitrogens with two attached hydrogens (primary N) is 1. The lowest BCUT2D eigenvalue weighted by atomic mass is 10.1. The van der Waals surface area contributed by atoms with E-state index in [-0.39, 0.29) is 15.8 Å². The van der Waals surface area contributed by atoms with Gasteiger partial charge in [-0.1, -0.05) is 15.9 Å². The van der Waals surface area contributed by atoms with E-state index in [1.165, 1.54) is 12.1 Å². The second-order valence-corrected chi connectivity index (χ2v) is 4.56. The van der Waals surface area contributed by atoms with Crippen LogP contribution in [0.4, 0.5) is 13.2 Å². The van der Waals surface area contributed by atoms with Gasteiger partial charge < -0.3 is 15.2 Å². The van der Waals surface area contributed by atoms with Gasteiger partial charge in [-0.25, -0.2) is 0 Å². The van der Waals surface area contributed by atoms with Crippen LogP contribution in [0, 0.1) is 0 Å². The Morgan fingerprint density at radius 1 is 1.16 bits per heavy atom. The molecule has 1 aromatic carbocycles. The van der Waals surface area contributed by atoms with Crippen LogP contribution in [0.5, 0.6) is 11.5 Å². The van der Waals surface area contributed by atoms with E-state index in [9.17, 15) is 13.2 Å². The van der Waals surface area contributed by atoms with E-state index >= 15 is 0 Å². The standard InChI is InChI=1S/C12H15BrF3NO2/c1-3-18-9-5-7(11(17)12(14,15)16)8(13)6-10(9)19-4-2/h5-6,11H,3-4,17H2,1-2H3. The van der Waals surface area contributed by atoms with Gasteiger partial charge in [-0.15, -0.1) is 0 Å². The largest absolute Gasteiger partial charge is 0.490 e. The van der Waals surface area contributed by atoms with Gasteiger partial charge in [0.2, 0.25) is 0 Å². The molecule has 108 valence electrons. The van der Waals surface area contributed by atoms with E-state index in [1.807, 2.05) is 0 Å². The molecule has 3 nitrogen and oxygen atoms in total. The molecule has 0 aliphatic carbocycles. The van der Waals surface area contributed by atoms with E-state index in [0.717, 1.165) is 0 Å². The van der Waals surface area contributed by atoms with E-state index in [1.54, 1.807) is 13.8 Å². The first-order valence-corrected chi connectivity index (χ1v) is 6.51. The lowest BCUT2D eigenvalue weighted by Gasteiger charge is -2.20. The SMILES string of the molecule is CCOc1cc(Br)c(C(N)C(F)(F)F)cc1OCC. The quantitative estimate of drug-likeness (QED) is 0.885. The number of ether oxygens (including phenoxy) is 2.